The van der Waals surface area contributed by atoms with E-state index in [1.54, 1.807) is 24.3 Å². The number of piperidine rings is 1. The SMILES string of the molecule is O=S(=O)(c1ccc(F)cc1)N1CCC(=NOCc2ccc(O)cc2)CC1. The van der Waals surface area contributed by atoms with Crippen molar-refractivity contribution in [2.45, 2.75) is 24.3 Å². The van der Waals surface area contributed by atoms with Gasteiger partial charge in [0.15, 0.2) is 0 Å². The normalized spacial score (nSPS) is 15.7. The van der Waals surface area contributed by atoms with Gasteiger partial charge in [0.2, 0.25) is 10.0 Å². The van der Waals surface area contributed by atoms with E-state index in [4.69, 9.17) is 4.84 Å². The Kier molecular flexibility index (Phi) is 5.53. The quantitative estimate of drug-likeness (QED) is 0.812. The monoisotopic (exact) mass is 378 g/mol. The average Bonchev–Trinajstić information content (AvgIpc) is 2.64. The van der Waals surface area contributed by atoms with E-state index < -0.39 is 15.8 Å². The summed E-state index contributed by atoms with van der Waals surface area (Å²) in [7, 11) is -3.62. The zero-order valence-corrected chi connectivity index (χ0v) is 14.8. The number of oxime groups is 1. The Balaban J connectivity index is 1.55. The predicted molar refractivity (Wildman–Crippen MR) is 94.7 cm³/mol. The highest BCUT2D eigenvalue weighted by Gasteiger charge is 2.28. The molecule has 0 amide bonds. The Hall–Kier alpha value is -2.45. The number of sulfonamides is 1. The first-order valence-corrected chi connectivity index (χ1v) is 9.60. The van der Waals surface area contributed by atoms with Crippen LogP contribution in [0.25, 0.3) is 0 Å². The second-order valence-corrected chi connectivity index (χ2v) is 7.89. The molecule has 8 heteroatoms. The van der Waals surface area contributed by atoms with Crippen LogP contribution >= 0.6 is 0 Å². The second-order valence-electron chi connectivity index (χ2n) is 5.96. The highest BCUT2D eigenvalue weighted by molar-refractivity contribution is 7.89. The zero-order chi connectivity index (χ0) is 18.6. The molecule has 1 heterocycles. The molecule has 1 fully saturated rings. The van der Waals surface area contributed by atoms with Crippen LogP contribution in [0.4, 0.5) is 4.39 Å². The van der Waals surface area contributed by atoms with Gasteiger partial charge in [-0.05, 0) is 42.0 Å². The Labute approximate surface area is 151 Å². The summed E-state index contributed by atoms with van der Waals surface area (Å²) in [6.45, 7) is 0.892. The van der Waals surface area contributed by atoms with Gasteiger partial charge >= 0.3 is 0 Å². The van der Waals surface area contributed by atoms with Gasteiger partial charge in [0.05, 0.1) is 10.6 Å². The number of benzene rings is 2. The lowest BCUT2D eigenvalue weighted by molar-refractivity contribution is 0.128. The zero-order valence-electron chi connectivity index (χ0n) is 14.0. The van der Waals surface area contributed by atoms with E-state index in [0.29, 0.717) is 25.9 Å². The third kappa shape index (κ3) is 4.39. The van der Waals surface area contributed by atoms with Crippen LogP contribution in [0.15, 0.2) is 58.6 Å². The van der Waals surface area contributed by atoms with E-state index in [2.05, 4.69) is 5.16 Å². The van der Waals surface area contributed by atoms with Crippen molar-refractivity contribution in [3.8, 4) is 5.75 Å². The molecule has 1 aliphatic heterocycles. The number of aromatic hydroxyl groups is 1. The maximum absolute atomic E-state index is 13.0. The van der Waals surface area contributed by atoms with E-state index in [0.717, 1.165) is 23.4 Å². The lowest BCUT2D eigenvalue weighted by atomic mass is 10.1. The minimum absolute atomic E-state index is 0.0860. The van der Waals surface area contributed by atoms with E-state index in [1.807, 2.05) is 0 Å². The van der Waals surface area contributed by atoms with Gasteiger partial charge in [-0.1, -0.05) is 17.3 Å². The molecule has 0 aliphatic carbocycles. The number of rotatable bonds is 5. The van der Waals surface area contributed by atoms with Crippen molar-refractivity contribution in [3.05, 3.63) is 59.9 Å². The van der Waals surface area contributed by atoms with Gasteiger partial charge in [0.25, 0.3) is 0 Å². The molecule has 0 aromatic heterocycles. The number of nitrogens with zero attached hydrogens (tertiary/aromatic N) is 2. The smallest absolute Gasteiger partial charge is 0.243 e. The van der Waals surface area contributed by atoms with Crippen molar-refractivity contribution in [2.24, 2.45) is 5.16 Å². The van der Waals surface area contributed by atoms with Crippen LogP contribution in [-0.2, 0) is 21.5 Å². The summed E-state index contributed by atoms with van der Waals surface area (Å²) in [6.07, 6.45) is 0.964. The number of hydrogen-bond donors (Lipinski definition) is 1. The molecule has 138 valence electrons. The van der Waals surface area contributed by atoms with Crippen LogP contribution in [0.5, 0.6) is 5.75 Å². The molecule has 0 spiro atoms. The fraction of sp³-hybridized carbons (Fsp3) is 0.278. The van der Waals surface area contributed by atoms with Crippen LogP contribution < -0.4 is 0 Å². The number of halogens is 1. The Bertz CT molecular complexity index is 870. The molecule has 2 aromatic rings. The molecule has 26 heavy (non-hydrogen) atoms. The topological polar surface area (TPSA) is 79.2 Å². The first kappa shape index (κ1) is 18.3. The van der Waals surface area contributed by atoms with Crippen LogP contribution in [-0.4, -0.2) is 36.6 Å². The number of hydrogen-bond acceptors (Lipinski definition) is 5. The Morgan fingerprint density at radius 2 is 1.65 bits per heavy atom. The molecular formula is C18H19FN2O4S. The first-order valence-electron chi connectivity index (χ1n) is 8.16. The summed E-state index contributed by atoms with van der Waals surface area (Å²) in [5, 5.41) is 13.3. The van der Waals surface area contributed by atoms with Crippen molar-refractivity contribution in [2.75, 3.05) is 13.1 Å². The summed E-state index contributed by atoms with van der Waals surface area (Å²) in [6, 6.07) is 11.5. The molecule has 3 rings (SSSR count). The third-order valence-corrected chi connectivity index (χ3v) is 6.03. The van der Waals surface area contributed by atoms with Crippen molar-refractivity contribution < 1.29 is 22.8 Å². The molecule has 2 aromatic carbocycles. The molecule has 0 unspecified atom stereocenters. The minimum Gasteiger partial charge on any atom is -0.508 e. The second kappa shape index (κ2) is 7.84. The summed E-state index contributed by atoms with van der Waals surface area (Å²) < 4.78 is 39.4. The fourth-order valence-corrected chi connectivity index (χ4v) is 4.06. The highest BCUT2D eigenvalue weighted by Crippen LogP contribution is 2.20. The van der Waals surface area contributed by atoms with E-state index in [9.17, 15) is 17.9 Å². The van der Waals surface area contributed by atoms with E-state index in [-0.39, 0.29) is 17.3 Å². The maximum atomic E-state index is 13.0. The Morgan fingerprint density at radius 1 is 1.04 bits per heavy atom. The third-order valence-electron chi connectivity index (χ3n) is 4.11. The summed E-state index contributed by atoms with van der Waals surface area (Å²) >= 11 is 0. The number of phenolic OH excluding ortho intramolecular Hbond substituents is 1. The van der Waals surface area contributed by atoms with Gasteiger partial charge in [0, 0.05) is 25.9 Å². The van der Waals surface area contributed by atoms with Crippen LogP contribution in [0.3, 0.4) is 0 Å². The van der Waals surface area contributed by atoms with Gasteiger partial charge < -0.3 is 9.94 Å². The highest BCUT2D eigenvalue weighted by atomic mass is 32.2. The largest absolute Gasteiger partial charge is 0.508 e. The molecule has 1 N–H and O–H groups in total. The Morgan fingerprint density at radius 3 is 2.27 bits per heavy atom. The van der Waals surface area contributed by atoms with Gasteiger partial charge in [-0.15, -0.1) is 0 Å². The van der Waals surface area contributed by atoms with Gasteiger partial charge in [-0.2, -0.15) is 4.31 Å². The fourth-order valence-electron chi connectivity index (χ4n) is 2.62. The maximum Gasteiger partial charge on any atom is 0.243 e. The predicted octanol–water partition coefficient (Wildman–Crippen LogP) is 2.89. The standard InChI is InChI=1S/C18H19FN2O4S/c19-15-3-7-18(8-4-15)26(23,24)21-11-9-16(10-12-21)20-25-13-14-1-5-17(22)6-2-14/h1-8,22H,9-13H2. The van der Waals surface area contributed by atoms with Crippen molar-refractivity contribution in [1.82, 2.24) is 4.31 Å². The van der Waals surface area contributed by atoms with Crippen molar-refractivity contribution in [1.29, 1.82) is 0 Å². The number of phenols is 1. The molecule has 6 nitrogen and oxygen atoms in total. The molecule has 1 saturated heterocycles. The van der Waals surface area contributed by atoms with E-state index >= 15 is 0 Å². The van der Waals surface area contributed by atoms with Crippen LogP contribution in [0.2, 0.25) is 0 Å². The lowest BCUT2D eigenvalue weighted by Crippen LogP contribution is -2.38. The molecule has 0 saturated carbocycles. The summed E-state index contributed by atoms with van der Waals surface area (Å²) in [5.74, 6) is -0.280. The van der Waals surface area contributed by atoms with Gasteiger partial charge in [-0.25, -0.2) is 12.8 Å². The minimum atomic E-state index is -3.62. The average molecular weight is 378 g/mol. The van der Waals surface area contributed by atoms with Gasteiger partial charge in [-0.3, -0.25) is 0 Å². The first-order chi connectivity index (χ1) is 12.4. The molecule has 0 atom stereocenters. The van der Waals surface area contributed by atoms with Crippen LogP contribution in [0.1, 0.15) is 18.4 Å². The summed E-state index contributed by atoms with van der Waals surface area (Å²) in [4.78, 5) is 5.40. The van der Waals surface area contributed by atoms with E-state index in [1.165, 1.54) is 16.4 Å². The summed E-state index contributed by atoms with van der Waals surface area (Å²) in [5.41, 5.74) is 1.68. The molecular weight excluding hydrogens is 359 g/mol. The molecule has 0 radical (unpaired) electrons. The van der Waals surface area contributed by atoms with Crippen LogP contribution in [0, 0.1) is 5.82 Å². The lowest BCUT2D eigenvalue weighted by Gasteiger charge is -2.26. The van der Waals surface area contributed by atoms with Crippen molar-refractivity contribution >= 4 is 15.7 Å². The van der Waals surface area contributed by atoms with Crippen molar-refractivity contribution in [3.63, 3.8) is 0 Å². The molecule has 0 bridgehead atoms. The molecule has 1 aliphatic rings. The van der Waals surface area contributed by atoms with Gasteiger partial charge in [0.1, 0.15) is 18.2 Å².